The smallest absolute Gasteiger partial charge is 0.264 e. The number of aromatic amines is 1. The van der Waals surface area contributed by atoms with Gasteiger partial charge in [0.1, 0.15) is 10.4 Å². The second-order valence-corrected chi connectivity index (χ2v) is 11.8. The third-order valence-electron chi connectivity index (χ3n) is 6.76. The van der Waals surface area contributed by atoms with Gasteiger partial charge in [-0.1, -0.05) is 6.07 Å². The van der Waals surface area contributed by atoms with E-state index in [1.807, 2.05) is 19.9 Å². The van der Waals surface area contributed by atoms with Crippen molar-refractivity contribution in [2.24, 2.45) is 0 Å². The minimum absolute atomic E-state index is 0.114. The normalized spacial score (nSPS) is 15.8. The molecule has 188 valence electrons. The molecule has 9 nitrogen and oxygen atoms in total. The predicted octanol–water partition coefficient (Wildman–Crippen LogP) is 3.65. The number of H-pyrrole nitrogens is 1. The Hall–Kier alpha value is -3.28. The van der Waals surface area contributed by atoms with Crippen molar-refractivity contribution in [2.75, 3.05) is 17.8 Å². The number of aliphatic hydroxyl groups is 1. The molecule has 3 N–H and O–H groups in total. The van der Waals surface area contributed by atoms with Crippen LogP contribution in [0.4, 0.5) is 5.69 Å². The summed E-state index contributed by atoms with van der Waals surface area (Å²) in [5, 5.41) is 18.3. The van der Waals surface area contributed by atoms with Crippen LogP contribution in [0, 0.1) is 13.8 Å². The summed E-state index contributed by atoms with van der Waals surface area (Å²) in [5.41, 5.74) is 4.87. The molecule has 1 fully saturated rings. The number of aromatic nitrogens is 3. The van der Waals surface area contributed by atoms with Crippen LogP contribution >= 0.6 is 11.3 Å². The molecule has 0 saturated carbocycles. The van der Waals surface area contributed by atoms with Gasteiger partial charge in [-0.05, 0) is 68.7 Å². The number of sulfonamides is 1. The molecule has 0 bridgehead atoms. The zero-order valence-electron chi connectivity index (χ0n) is 20.0. The Balaban J connectivity index is 1.23. The van der Waals surface area contributed by atoms with E-state index >= 15 is 0 Å². The summed E-state index contributed by atoms with van der Waals surface area (Å²) in [6.07, 6.45) is 1.46. The van der Waals surface area contributed by atoms with E-state index in [2.05, 4.69) is 19.9 Å². The first kappa shape index (κ1) is 24.4. The van der Waals surface area contributed by atoms with E-state index in [0.29, 0.717) is 49.1 Å². The third-order valence-corrected chi connectivity index (χ3v) is 8.97. The van der Waals surface area contributed by atoms with E-state index in [-0.39, 0.29) is 10.8 Å². The SMILES string of the molecule is Cc1n[nH]c(C)c1CC1(O)CCN(C(=O)c2ccc(NS(=O)(=O)c3cccc4scnc34)cc2)CC1. The zero-order chi connectivity index (χ0) is 25.5. The number of hydrogen-bond acceptors (Lipinski definition) is 7. The summed E-state index contributed by atoms with van der Waals surface area (Å²) < 4.78 is 29.3. The molecule has 3 heterocycles. The van der Waals surface area contributed by atoms with Crippen LogP contribution in [0.1, 0.15) is 40.2 Å². The number of nitrogens with zero attached hydrogens (tertiary/aromatic N) is 3. The Bertz CT molecular complexity index is 1500. The molecule has 0 radical (unpaired) electrons. The Morgan fingerprint density at radius 2 is 1.89 bits per heavy atom. The van der Waals surface area contributed by atoms with Crippen molar-refractivity contribution >= 4 is 43.2 Å². The summed E-state index contributed by atoms with van der Waals surface area (Å²) in [5.74, 6) is -0.144. The lowest BCUT2D eigenvalue weighted by atomic mass is 9.84. The Morgan fingerprint density at radius 1 is 1.17 bits per heavy atom. The Labute approximate surface area is 213 Å². The first-order chi connectivity index (χ1) is 17.2. The van der Waals surface area contributed by atoms with Crippen molar-refractivity contribution in [1.82, 2.24) is 20.1 Å². The molecule has 1 aliphatic rings. The molecule has 0 unspecified atom stereocenters. The summed E-state index contributed by atoms with van der Waals surface area (Å²) in [6.45, 7) is 4.75. The van der Waals surface area contributed by atoms with Gasteiger partial charge in [-0.2, -0.15) is 5.10 Å². The van der Waals surface area contributed by atoms with E-state index in [0.717, 1.165) is 21.7 Å². The van der Waals surface area contributed by atoms with Crippen LogP contribution in [0.3, 0.4) is 0 Å². The van der Waals surface area contributed by atoms with Gasteiger partial charge < -0.3 is 10.0 Å². The topological polar surface area (TPSA) is 128 Å². The predicted molar refractivity (Wildman–Crippen MR) is 139 cm³/mol. The quantitative estimate of drug-likeness (QED) is 0.353. The maximum absolute atomic E-state index is 13.1. The molecule has 11 heteroatoms. The van der Waals surface area contributed by atoms with Crippen molar-refractivity contribution in [3.63, 3.8) is 0 Å². The van der Waals surface area contributed by atoms with Crippen LogP contribution in [0.2, 0.25) is 0 Å². The number of nitrogens with one attached hydrogen (secondary N) is 2. The van der Waals surface area contributed by atoms with Gasteiger partial charge in [0, 0.05) is 36.5 Å². The second-order valence-electron chi connectivity index (χ2n) is 9.24. The van der Waals surface area contributed by atoms with Gasteiger partial charge in [0.2, 0.25) is 0 Å². The molecule has 0 spiro atoms. The van der Waals surface area contributed by atoms with Gasteiger partial charge in [0.05, 0.1) is 21.5 Å². The summed E-state index contributed by atoms with van der Waals surface area (Å²) in [6, 6.07) is 11.4. The molecule has 1 saturated heterocycles. The zero-order valence-corrected chi connectivity index (χ0v) is 21.6. The van der Waals surface area contributed by atoms with Gasteiger partial charge >= 0.3 is 0 Å². The number of likely N-dealkylation sites (tertiary alicyclic amines) is 1. The molecule has 2 aromatic heterocycles. The van der Waals surface area contributed by atoms with Crippen molar-refractivity contribution in [3.05, 3.63) is 70.5 Å². The Kier molecular flexibility index (Phi) is 6.31. The lowest BCUT2D eigenvalue weighted by Crippen LogP contribution is -2.47. The highest BCUT2D eigenvalue weighted by atomic mass is 32.2. The van der Waals surface area contributed by atoms with Crippen LogP contribution in [0.15, 0.2) is 52.9 Å². The molecule has 1 aliphatic heterocycles. The van der Waals surface area contributed by atoms with Crippen LogP contribution < -0.4 is 4.72 Å². The first-order valence-corrected chi connectivity index (χ1v) is 14.0. The van der Waals surface area contributed by atoms with Crippen molar-refractivity contribution in [1.29, 1.82) is 0 Å². The van der Waals surface area contributed by atoms with Gasteiger partial charge in [-0.3, -0.25) is 14.6 Å². The number of rotatable bonds is 6. The monoisotopic (exact) mass is 525 g/mol. The molecule has 1 amide bonds. The highest BCUT2D eigenvalue weighted by molar-refractivity contribution is 7.93. The van der Waals surface area contributed by atoms with Gasteiger partial charge in [-0.15, -0.1) is 11.3 Å². The lowest BCUT2D eigenvalue weighted by Gasteiger charge is -2.38. The minimum Gasteiger partial charge on any atom is -0.389 e. The van der Waals surface area contributed by atoms with Crippen LogP contribution in [-0.4, -0.2) is 58.2 Å². The maximum atomic E-state index is 13.1. The minimum atomic E-state index is -3.84. The number of anilines is 1. The fraction of sp³-hybridized carbons (Fsp3) is 0.320. The lowest BCUT2D eigenvalue weighted by molar-refractivity contribution is -0.0164. The number of carbonyl (C=O) groups is 1. The van der Waals surface area contributed by atoms with E-state index < -0.39 is 15.6 Å². The fourth-order valence-electron chi connectivity index (χ4n) is 4.62. The van der Waals surface area contributed by atoms with Gasteiger partial charge in [-0.25, -0.2) is 13.4 Å². The van der Waals surface area contributed by atoms with E-state index in [4.69, 9.17) is 0 Å². The van der Waals surface area contributed by atoms with Gasteiger partial charge in [0.15, 0.2) is 0 Å². The van der Waals surface area contributed by atoms with E-state index in [9.17, 15) is 18.3 Å². The largest absolute Gasteiger partial charge is 0.389 e. The van der Waals surface area contributed by atoms with E-state index in [1.54, 1.807) is 40.7 Å². The molecular weight excluding hydrogens is 498 g/mol. The number of carbonyl (C=O) groups excluding carboxylic acids is 1. The second kappa shape index (κ2) is 9.30. The van der Waals surface area contributed by atoms with E-state index in [1.165, 1.54) is 17.4 Å². The number of thiazole rings is 1. The molecule has 36 heavy (non-hydrogen) atoms. The number of para-hydroxylation sites is 1. The Morgan fingerprint density at radius 3 is 2.56 bits per heavy atom. The first-order valence-electron chi connectivity index (χ1n) is 11.6. The molecule has 0 aliphatic carbocycles. The summed E-state index contributed by atoms with van der Waals surface area (Å²) in [7, 11) is -3.84. The molecule has 2 aromatic carbocycles. The highest BCUT2D eigenvalue weighted by Crippen LogP contribution is 2.30. The number of fused-ring (bicyclic) bond motifs is 1. The van der Waals surface area contributed by atoms with Crippen molar-refractivity contribution in [2.45, 2.75) is 43.6 Å². The molecule has 0 atom stereocenters. The van der Waals surface area contributed by atoms with Crippen LogP contribution in [0.5, 0.6) is 0 Å². The summed E-state index contributed by atoms with van der Waals surface area (Å²) >= 11 is 1.38. The third kappa shape index (κ3) is 4.73. The molecular formula is C25H27N5O4S2. The van der Waals surface area contributed by atoms with Crippen molar-refractivity contribution < 1.29 is 18.3 Å². The summed E-state index contributed by atoms with van der Waals surface area (Å²) in [4.78, 5) is 19.1. The number of hydrogen-bond donors (Lipinski definition) is 3. The average molecular weight is 526 g/mol. The molecule has 5 rings (SSSR count). The fourth-order valence-corrected chi connectivity index (χ4v) is 6.62. The standard InChI is InChI=1S/C25H27N5O4S2/c1-16-20(17(2)28-27-16)14-25(32)10-12-30(13-11-25)24(31)18-6-8-19(9-7-18)29-36(33,34)22-5-3-4-21-23(22)26-15-35-21/h3-9,15,29,32H,10-14H2,1-2H3,(H,27,28). The van der Waals surface area contributed by atoms with Crippen LogP contribution in [-0.2, 0) is 16.4 Å². The number of amides is 1. The van der Waals surface area contributed by atoms with Gasteiger partial charge in [0.25, 0.3) is 15.9 Å². The number of piperidine rings is 1. The average Bonchev–Trinajstić information content (AvgIpc) is 3.46. The molecule has 4 aromatic rings. The highest BCUT2D eigenvalue weighted by Gasteiger charge is 2.35. The van der Waals surface area contributed by atoms with Crippen LogP contribution in [0.25, 0.3) is 10.2 Å². The maximum Gasteiger partial charge on any atom is 0.264 e. The number of aryl methyl sites for hydroxylation is 2. The number of benzene rings is 2. The van der Waals surface area contributed by atoms with Crippen molar-refractivity contribution in [3.8, 4) is 0 Å².